The third-order valence-corrected chi connectivity index (χ3v) is 3.91. The number of aromatic nitrogens is 1. The first-order valence-electron chi connectivity index (χ1n) is 7.85. The van der Waals surface area contributed by atoms with Gasteiger partial charge in [0.1, 0.15) is 5.82 Å². The summed E-state index contributed by atoms with van der Waals surface area (Å²) in [7, 11) is 0. The van der Waals surface area contributed by atoms with Gasteiger partial charge in [0.25, 0.3) is 0 Å². The summed E-state index contributed by atoms with van der Waals surface area (Å²) < 4.78 is 12.9. The Hall–Kier alpha value is -2.82. The number of halogens is 1. The van der Waals surface area contributed by atoms with Crippen LogP contribution in [-0.2, 0) is 9.59 Å². The quantitative estimate of drug-likeness (QED) is 0.810. The molecule has 1 aliphatic heterocycles. The van der Waals surface area contributed by atoms with E-state index in [1.165, 1.54) is 17.0 Å². The molecular weight excluding hydrogens is 307 g/mol. The second kappa shape index (κ2) is 7.17. The van der Waals surface area contributed by atoms with E-state index in [-0.39, 0.29) is 24.2 Å². The largest absolute Gasteiger partial charge is 0.279 e. The summed E-state index contributed by atoms with van der Waals surface area (Å²) in [6.07, 6.45) is 6.84. The van der Waals surface area contributed by atoms with E-state index in [1.807, 2.05) is 18.2 Å². The van der Waals surface area contributed by atoms with Gasteiger partial charge in [0.15, 0.2) is 0 Å². The summed E-state index contributed by atoms with van der Waals surface area (Å²) in [4.78, 5) is 29.1. The molecule has 2 aromatic rings. The number of imide groups is 1. The van der Waals surface area contributed by atoms with Crippen LogP contribution in [0.25, 0.3) is 17.3 Å². The number of carbonyl (C=O) groups excluding carboxylic acids is 2. The number of rotatable bonds is 4. The maximum absolute atomic E-state index is 12.9. The highest BCUT2D eigenvalue weighted by Crippen LogP contribution is 2.18. The van der Waals surface area contributed by atoms with E-state index in [1.54, 1.807) is 24.4 Å². The minimum absolute atomic E-state index is 0.110. The molecule has 3 rings (SSSR count). The highest BCUT2D eigenvalue weighted by atomic mass is 19.1. The molecule has 122 valence electrons. The molecule has 0 N–H and O–H groups in total. The smallest absolute Gasteiger partial charge is 0.229 e. The normalized spacial score (nSPS) is 15.3. The van der Waals surface area contributed by atoms with E-state index in [9.17, 15) is 14.0 Å². The van der Waals surface area contributed by atoms with E-state index >= 15 is 0 Å². The lowest BCUT2D eigenvalue weighted by atomic mass is 10.1. The summed E-state index contributed by atoms with van der Waals surface area (Å²) in [5, 5.41) is 0. The molecular formula is C19H17FN2O2. The Morgan fingerprint density at radius 1 is 1.04 bits per heavy atom. The zero-order valence-electron chi connectivity index (χ0n) is 13.1. The van der Waals surface area contributed by atoms with Gasteiger partial charge in [0, 0.05) is 31.1 Å². The molecule has 0 atom stereocenters. The predicted octanol–water partition coefficient (Wildman–Crippen LogP) is 3.44. The summed E-state index contributed by atoms with van der Waals surface area (Å²) >= 11 is 0. The molecule has 1 aliphatic rings. The lowest BCUT2D eigenvalue weighted by molar-refractivity contribution is -0.147. The Bertz CT molecular complexity index is 751. The van der Waals surface area contributed by atoms with Crippen LogP contribution in [0.3, 0.4) is 0 Å². The lowest BCUT2D eigenvalue weighted by Gasteiger charge is -2.23. The van der Waals surface area contributed by atoms with E-state index < -0.39 is 0 Å². The van der Waals surface area contributed by atoms with Gasteiger partial charge < -0.3 is 0 Å². The van der Waals surface area contributed by atoms with Gasteiger partial charge in [-0.3, -0.25) is 19.5 Å². The molecule has 0 aliphatic carbocycles. The van der Waals surface area contributed by atoms with E-state index in [4.69, 9.17) is 0 Å². The van der Waals surface area contributed by atoms with Crippen molar-refractivity contribution in [2.45, 2.75) is 19.3 Å². The number of hydrogen-bond donors (Lipinski definition) is 0. The maximum atomic E-state index is 12.9. The van der Waals surface area contributed by atoms with Gasteiger partial charge in [-0.2, -0.15) is 0 Å². The predicted molar refractivity (Wildman–Crippen MR) is 89.2 cm³/mol. The first-order valence-corrected chi connectivity index (χ1v) is 7.85. The van der Waals surface area contributed by atoms with Crippen LogP contribution in [0.2, 0.25) is 0 Å². The number of benzene rings is 1. The van der Waals surface area contributed by atoms with Gasteiger partial charge in [0.05, 0.1) is 5.69 Å². The second-order valence-electron chi connectivity index (χ2n) is 5.64. The van der Waals surface area contributed by atoms with Crippen LogP contribution in [-0.4, -0.2) is 28.2 Å². The van der Waals surface area contributed by atoms with Gasteiger partial charge in [-0.05, 0) is 42.3 Å². The van der Waals surface area contributed by atoms with Crippen molar-refractivity contribution >= 4 is 17.9 Å². The van der Waals surface area contributed by atoms with Crippen molar-refractivity contribution in [2.24, 2.45) is 0 Å². The zero-order chi connectivity index (χ0) is 16.9. The van der Waals surface area contributed by atoms with Crippen molar-refractivity contribution in [3.8, 4) is 11.3 Å². The highest BCUT2D eigenvalue weighted by Gasteiger charge is 2.24. The first-order chi connectivity index (χ1) is 11.6. The molecule has 1 fully saturated rings. The van der Waals surface area contributed by atoms with Crippen LogP contribution in [0.4, 0.5) is 4.39 Å². The molecule has 2 heterocycles. The minimum Gasteiger partial charge on any atom is -0.279 e. The number of carbonyl (C=O) groups is 2. The topological polar surface area (TPSA) is 50.3 Å². The molecule has 5 heteroatoms. The van der Waals surface area contributed by atoms with E-state index in [0.717, 1.165) is 16.8 Å². The van der Waals surface area contributed by atoms with E-state index in [2.05, 4.69) is 4.98 Å². The van der Waals surface area contributed by atoms with Crippen molar-refractivity contribution in [1.29, 1.82) is 0 Å². The monoisotopic (exact) mass is 324 g/mol. The molecule has 2 amide bonds. The minimum atomic E-state index is -0.278. The molecule has 0 radical (unpaired) electrons. The Labute approximate surface area is 139 Å². The van der Waals surface area contributed by atoms with Crippen LogP contribution < -0.4 is 0 Å². The number of hydrogen-bond acceptors (Lipinski definition) is 3. The number of amides is 2. The molecule has 1 aromatic heterocycles. The van der Waals surface area contributed by atoms with Crippen LogP contribution >= 0.6 is 0 Å². The fraction of sp³-hybridized carbons (Fsp3) is 0.211. The Balaban J connectivity index is 1.64. The Kier molecular flexibility index (Phi) is 4.79. The fourth-order valence-corrected chi connectivity index (χ4v) is 2.59. The van der Waals surface area contributed by atoms with Crippen molar-refractivity contribution in [1.82, 2.24) is 9.88 Å². The van der Waals surface area contributed by atoms with E-state index in [0.29, 0.717) is 19.3 Å². The van der Waals surface area contributed by atoms with Gasteiger partial charge in [-0.25, -0.2) is 4.39 Å². The summed E-state index contributed by atoms with van der Waals surface area (Å²) in [6.45, 7) is 0.289. The number of piperidine rings is 1. The van der Waals surface area contributed by atoms with Gasteiger partial charge in [-0.1, -0.05) is 18.2 Å². The lowest BCUT2D eigenvalue weighted by Crippen LogP contribution is -2.39. The average molecular weight is 324 g/mol. The number of nitrogens with zero attached hydrogens (tertiary/aromatic N) is 2. The van der Waals surface area contributed by atoms with Gasteiger partial charge in [-0.15, -0.1) is 0 Å². The summed E-state index contributed by atoms with van der Waals surface area (Å²) in [6, 6.07) is 9.91. The van der Waals surface area contributed by atoms with Crippen molar-refractivity contribution in [3.63, 3.8) is 0 Å². The highest BCUT2D eigenvalue weighted by molar-refractivity contribution is 5.97. The molecule has 4 nitrogen and oxygen atoms in total. The molecule has 1 aromatic carbocycles. The maximum Gasteiger partial charge on any atom is 0.229 e. The van der Waals surface area contributed by atoms with Crippen LogP contribution in [0.1, 0.15) is 24.8 Å². The Morgan fingerprint density at radius 2 is 1.75 bits per heavy atom. The van der Waals surface area contributed by atoms with Crippen LogP contribution in [0.5, 0.6) is 0 Å². The first kappa shape index (κ1) is 16.1. The van der Waals surface area contributed by atoms with Gasteiger partial charge in [0.2, 0.25) is 11.8 Å². The molecule has 0 spiro atoms. The van der Waals surface area contributed by atoms with Gasteiger partial charge >= 0.3 is 0 Å². The molecule has 1 saturated heterocycles. The summed E-state index contributed by atoms with van der Waals surface area (Å²) in [5.41, 5.74) is 2.47. The summed E-state index contributed by atoms with van der Waals surface area (Å²) in [5.74, 6) is -0.499. The van der Waals surface area contributed by atoms with Crippen molar-refractivity contribution in [3.05, 3.63) is 60.1 Å². The van der Waals surface area contributed by atoms with Crippen molar-refractivity contribution < 1.29 is 14.0 Å². The van der Waals surface area contributed by atoms with Crippen LogP contribution in [0.15, 0.2) is 48.7 Å². The number of pyridine rings is 1. The van der Waals surface area contributed by atoms with Crippen LogP contribution in [0, 0.1) is 5.82 Å². The zero-order valence-corrected chi connectivity index (χ0v) is 13.1. The molecule has 0 unspecified atom stereocenters. The molecule has 0 bridgehead atoms. The molecule has 24 heavy (non-hydrogen) atoms. The number of likely N-dealkylation sites (tertiary alicyclic amines) is 1. The SMILES string of the molecule is O=C1CCCC(=O)N1CC=Cc1ccc(-c2ccc(F)cc2)nc1. The third-order valence-electron chi connectivity index (χ3n) is 3.91. The third kappa shape index (κ3) is 3.74. The average Bonchev–Trinajstić information content (AvgIpc) is 2.59. The Morgan fingerprint density at radius 3 is 2.38 bits per heavy atom. The fourth-order valence-electron chi connectivity index (χ4n) is 2.59. The van der Waals surface area contributed by atoms with Crippen molar-refractivity contribution in [2.75, 3.05) is 6.54 Å². The standard InChI is InChI=1S/C19H17FN2O2/c20-16-9-7-15(8-10-16)17-11-6-14(13-21-17)3-2-12-22-18(23)4-1-5-19(22)24/h2-3,6-11,13H,1,4-5,12H2. The molecule has 0 saturated carbocycles. The second-order valence-corrected chi connectivity index (χ2v) is 5.64.